The van der Waals surface area contributed by atoms with Gasteiger partial charge in [0, 0.05) is 0 Å². The molecule has 2 aromatic rings. The second kappa shape index (κ2) is 10.6. The van der Waals surface area contributed by atoms with Crippen LogP contribution in [0.1, 0.15) is 64.1 Å². The lowest BCUT2D eigenvalue weighted by Gasteiger charge is -2.15. The molecule has 6 nitrogen and oxygen atoms in total. The van der Waals surface area contributed by atoms with Gasteiger partial charge in [0.25, 0.3) is 0 Å². The van der Waals surface area contributed by atoms with Crippen molar-refractivity contribution in [2.24, 2.45) is 0 Å². The van der Waals surface area contributed by atoms with Crippen LogP contribution < -0.4 is 9.47 Å². The minimum Gasteiger partial charge on any atom is -0.493 e. The molecule has 0 amide bonds. The quantitative estimate of drug-likeness (QED) is 0.505. The highest BCUT2D eigenvalue weighted by Crippen LogP contribution is 2.28. The fourth-order valence-electron chi connectivity index (χ4n) is 3.34. The third kappa shape index (κ3) is 5.49. The normalized spacial score (nSPS) is 10.7. The molecule has 0 aliphatic rings. The minimum absolute atomic E-state index is 0.148. The summed E-state index contributed by atoms with van der Waals surface area (Å²) in [4.78, 5) is 23.0. The number of hydrogen-bond acceptors (Lipinski definition) is 4. The molecule has 2 aromatic carbocycles. The molecule has 0 atom stereocenters. The molecule has 0 aliphatic carbocycles. The maximum absolute atomic E-state index is 14.7. The van der Waals surface area contributed by atoms with Crippen LogP contribution >= 0.6 is 0 Å². The number of hydrogen-bond donors (Lipinski definition) is 2. The van der Waals surface area contributed by atoms with Crippen molar-refractivity contribution in [3.63, 3.8) is 0 Å². The van der Waals surface area contributed by atoms with Gasteiger partial charge in [-0.25, -0.2) is 14.0 Å². The highest BCUT2D eigenvalue weighted by molar-refractivity contribution is 5.93. The molecule has 0 spiro atoms. The van der Waals surface area contributed by atoms with Crippen molar-refractivity contribution in [1.29, 1.82) is 0 Å². The Bertz CT molecular complexity index is 922. The van der Waals surface area contributed by atoms with Gasteiger partial charge in [-0.2, -0.15) is 0 Å². The summed E-state index contributed by atoms with van der Waals surface area (Å²) < 4.78 is 25.6. The number of carboxylic acids is 2. The van der Waals surface area contributed by atoms with E-state index >= 15 is 0 Å². The molecule has 7 heteroatoms. The maximum atomic E-state index is 14.7. The Hall–Kier alpha value is -3.09. The molecule has 30 heavy (non-hydrogen) atoms. The van der Waals surface area contributed by atoms with Crippen molar-refractivity contribution in [3.8, 4) is 11.5 Å². The minimum atomic E-state index is -1.25. The number of rotatable bonds is 11. The zero-order valence-corrected chi connectivity index (χ0v) is 17.5. The Balaban J connectivity index is 2.13. The van der Waals surface area contributed by atoms with Gasteiger partial charge >= 0.3 is 11.9 Å². The summed E-state index contributed by atoms with van der Waals surface area (Å²) in [5.41, 5.74) is 1.91. The molecule has 2 rings (SSSR count). The SMILES string of the molecule is CCCc1cc(C)cc(OCCCc2ccc(C(=O)O)c(OCC)c2F)c1C(=O)O. The highest BCUT2D eigenvalue weighted by Gasteiger charge is 2.20. The molecule has 0 fully saturated rings. The molecule has 0 heterocycles. The molecule has 0 saturated heterocycles. The Labute approximate surface area is 175 Å². The lowest BCUT2D eigenvalue weighted by Crippen LogP contribution is -2.10. The van der Waals surface area contributed by atoms with Crippen LogP contribution in [0.3, 0.4) is 0 Å². The number of carbonyl (C=O) groups is 2. The van der Waals surface area contributed by atoms with Gasteiger partial charge in [0.2, 0.25) is 0 Å². The number of halogens is 1. The third-order valence-corrected chi connectivity index (χ3v) is 4.61. The summed E-state index contributed by atoms with van der Waals surface area (Å²) in [5.74, 6) is -2.94. The average molecular weight is 418 g/mol. The van der Waals surface area contributed by atoms with E-state index in [1.54, 1.807) is 13.0 Å². The van der Waals surface area contributed by atoms with Crippen LogP contribution in [0.15, 0.2) is 24.3 Å². The molecular weight excluding hydrogens is 391 g/mol. The van der Waals surface area contributed by atoms with Crippen molar-refractivity contribution in [2.45, 2.75) is 46.5 Å². The summed E-state index contributed by atoms with van der Waals surface area (Å²) in [6.07, 6.45) is 2.17. The van der Waals surface area contributed by atoms with Crippen molar-refractivity contribution in [2.75, 3.05) is 13.2 Å². The lowest BCUT2D eigenvalue weighted by atomic mass is 9.99. The Morgan fingerprint density at radius 1 is 1.00 bits per heavy atom. The summed E-state index contributed by atoms with van der Waals surface area (Å²) in [6, 6.07) is 6.30. The lowest BCUT2D eigenvalue weighted by molar-refractivity contribution is 0.0679. The molecule has 162 valence electrons. The molecule has 0 radical (unpaired) electrons. The number of aryl methyl sites for hydroxylation is 3. The van der Waals surface area contributed by atoms with Crippen LogP contribution in [-0.4, -0.2) is 35.4 Å². The van der Waals surface area contributed by atoms with Crippen LogP contribution in [0.4, 0.5) is 4.39 Å². The first-order valence-corrected chi connectivity index (χ1v) is 9.97. The van der Waals surface area contributed by atoms with Gasteiger partial charge < -0.3 is 19.7 Å². The van der Waals surface area contributed by atoms with Gasteiger partial charge in [-0.3, -0.25) is 0 Å². The van der Waals surface area contributed by atoms with E-state index in [-0.39, 0.29) is 30.1 Å². The maximum Gasteiger partial charge on any atom is 0.339 e. The Morgan fingerprint density at radius 2 is 1.73 bits per heavy atom. The van der Waals surface area contributed by atoms with Crippen LogP contribution in [0.5, 0.6) is 11.5 Å². The Morgan fingerprint density at radius 3 is 2.33 bits per heavy atom. The summed E-state index contributed by atoms with van der Waals surface area (Å²) in [5, 5.41) is 18.8. The first-order valence-electron chi connectivity index (χ1n) is 9.97. The Kier molecular flexibility index (Phi) is 8.21. The van der Waals surface area contributed by atoms with Gasteiger partial charge in [0.1, 0.15) is 16.9 Å². The highest BCUT2D eigenvalue weighted by atomic mass is 19.1. The first kappa shape index (κ1) is 23.2. The molecule has 2 N–H and O–H groups in total. The van der Waals surface area contributed by atoms with Crippen molar-refractivity contribution >= 4 is 11.9 Å². The monoisotopic (exact) mass is 418 g/mol. The van der Waals surface area contributed by atoms with E-state index in [0.717, 1.165) is 17.5 Å². The molecule has 0 saturated carbocycles. The van der Waals surface area contributed by atoms with E-state index in [2.05, 4.69) is 0 Å². The summed E-state index contributed by atoms with van der Waals surface area (Å²) >= 11 is 0. The molecule has 0 bridgehead atoms. The molecule has 0 aromatic heterocycles. The molecule has 0 aliphatic heterocycles. The second-order valence-electron chi connectivity index (χ2n) is 6.96. The predicted octanol–water partition coefficient (Wildman–Crippen LogP) is 4.89. The fraction of sp³-hybridized carbons (Fsp3) is 0.391. The van der Waals surface area contributed by atoms with Gasteiger partial charge in [-0.15, -0.1) is 0 Å². The van der Waals surface area contributed by atoms with Gasteiger partial charge in [0.15, 0.2) is 11.6 Å². The van der Waals surface area contributed by atoms with E-state index in [1.807, 2.05) is 19.9 Å². The average Bonchev–Trinajstić information content (AvgIpc) is 2.67. The zero-order valence-electron chi connectivity index (χ0n) is 17.5. The van der Waals surface area contributed by atoms with E-state index in [0.29, 0.717) is 30.6 Å². The molecular formula is C23H27FO6. The van der Waals surface area contributed by atoms with Gasteiger partial charge in [-0.05, 0) is 61.9 Å². The largest absolute Gasteiger partial charge is 0.493 e. The number of benzene rings is 2. The summed E-state index contributed by atoms with van der Waals surface area (Å²) in [6.45, 7) is 5.86. The van der Waals surface area contributed by atoms with Crippen LogP contribution in [0.25, 0.3) is 0 Å². The number of aromatic carboxylic acids is 2. The van der Waals surface area contributed by atoms with Crippen molar-refractivity contribution < 1.29 is 33.7 Å². The predicted molar refractivity (Wildman–Crippen MR) is 110 cm³/mol. The third-order valence-electron chi connectivity index (χ3n) is 4.61. The van der Waals surface area contributed by atoms with Gasteiger partial charge in [-0.1, -0.05) is 25.5 Å². The van der Waals surface area contributed by atoms with E-state index < -0.39 is 17.8 Å². The first-order chi connectivity index (χ1) is 14.3. The second-order valence-corrected chi connectivity index (χ2v) is 6.96. The number of ether oxygens (including phenoxy) is 2. The van der Waals surface area contributed by atoms with Crippen molar-refractivity contribution in [1.82, 2.24) is 0 Å². The van der Waals surface area contributed by atoms with Crippen LogP contribution in [-0.2, 0) is 12.8 Å². The zero-order chi connectivity index (χ0) is 22.3. The van der Waals surface area contributed by atoms with Crippen LogP contribution in [0, 0.1) is 12.7 Å². The smallest absolute Gasteiger partial charge is 0.339 e. The van der Waals surface area contributed by atoms with Crippen molar-refractivity contribution in [3.05, 3.63) is 57.9 Å². The molecule has 0 unspecified atom stereocenters. The summed E-state index contributed by atoms with van der Waals surface area (Å²) in [7, 11) is 0. The number of carboxylic acid groups (broad SMARTS) is 2. The topological polar surface area (TPSA) is 93.1 Å². The van der Waals surface area contributed by atoms with E-state index in [1.165, 1.54) is 12.1 Å². The van der Waals surface area contributed by atoms with Gasteiger partial charge in [0.05, 0.1) is 13.2 Å². The van der Waals surface area contributed by atoms with E-state index in [9.17, 15) is 24.2 Å². The standard InChI is InChI=1S/C23H27FO6/c1-4-7-16-12-14(3)13-18(19(16)23(27)28)30-11-6-8-15-9-10-17(22(25)26)21(20(15)24)29-5-2/h9-10,12-13H,4-8,11H2,1-3H3,(H,25,26)(H,27,28). The fourth-order valence-corrected chi connectivity index (χ4v) is 3.34. The van der Waals surface area contributed by atoms with E-state index in [4.69, 9.17) is 9.47 Å². The van der Waals surface area contributed by atoms with Crippen LogP contribution in [0.2, 0.25) is 0 Å².